The summed E-state index contributed by atoms with van der Waals surface area (Å²) in [5, 5.41) is 11.1. The van der Waals surface area contributed by atoms with Crippen LogP contribution in [0.3, 0.4) is 0 Å². The molecule has 26 heavy (non-hydrogen) atoms. The largest absolute Gasteiger partial charge is 0.497 e. The lowest BCUT2D eigenvalue weighted by Crippen LogP contribution is -2.13. The number of ether oxygens (including phenoxy) is 1. The maximum Gasteiger partial charge on any atom is 0.306 e. The SMILES string of the molecule is COc1ccc2c(c1)c(CC(C)C(=O)O)c(C)n2Cc1ccc(Cl)cc1. The van der Waals surface area contributed by atoms with E-state index >= 15 is 0 Å². The van der Waals surface area contributed by atoms with Crippen molar-refractivity contribution in [2.45, 2.75) is 26.8 Å². The Kier molecular flexibility index (Phi) is 5.23. The summed E-state index contributed by atoms with van der Waals surface area (Å²) in [6.07, 6.45) is 0.485. The van der Waals surface area contributed by atoms with Crippen LogP contribution >= 0.6 is 11.6 Å². The number of carboxylic acids is 1. The predicted octanol–water partition coefficient (Wildman–Crippen LogP) is 4.92. The van der Waals surface area contributed by atoms with Crippen molar-refractivity contribution in [2.24, 2.45) is 5.92 Å². The second-order valence-electron chi connectivity index (χ2n) is 6.60. The Labute approximate surface area is 158 Å². The molecule has 3 aromatic rings. The molecule has 1 heterocycles. The number of rotatable bonds is 6. The van der Waals surface area contributed by atoms with E-state index in [1.807, 2.05) is 49.4 Å². The Hall–Kier alpha value is -2.46. The van der Waals surface area contributed by atoms with Gasteiger partial charge < -0.3 is 14.4 Å². The number of halogens is 1. The van der Waals surface area contributed by atoms with E-state index in [9.17, 15) is 9.90 Å². The monoisotopic (exact) mass is 371 g/mol. The van der Waals surface area contributed by atoms with Crippen molar-refractivity contribution in [3.8, 4) is 5.75 Å². The Morgan fingerprint density at radius 2 is 1.92 bits per heavy atom. The van der Waals surface area contributed by atoms with Crippen LogP contribution in [-0.4, -0.2) is 22.8 Å². The van der Waals surface area contributed by atoms with Crippen molar-refractivity contribution in [3.05, 3.63) is 64.3 Å². The normalized spacial score (nSPS) is 12.3. The lowest BCUT2D eigenvalue weighted by Gasteiger charge is -2.10. The molecule has 1 atom stereocenters. The van der Waals surface area contributed by atoms with E-state index in [0.29, 0.717) is 18.0 Å². The maximum absolute atomic E-state index is 11.4. The van der Waals surface area contributed by atoms with Gasteiger partial charge in [-0.3, -0.25) is 4.79 Å². The fourth-order valence-corrected chi connectivity index (χ4v) is 3.41. The molecule has 2 aromatic carbocycles. The van der Waals surface area contributed by atoms with E-state index in [4.69, 9.17) is 16.3 Å². The van der Waals surface area contributed by atoms with Crippen LogP contribution in [0.4, 0.5) is 0 Å². The molecule has 0 aliphatic carbocycles. The van der Waals surface area contributed by atoms with E-state index in [2.05, 4.69) is 4.57 Å². The van der Waals surface area contributed by atoms with Crippen molar-refractivity contribution >= 4 is 28.5 Å². The molecule has 0 aliphatic rings. The molecule has 0 saturated heterocycles. The van der Waals surface area contributed by atoms with Crippen molar-refractivity contribution in [2.75, 3.05) is 7.11 Å². The fourth-order valence-electron chi connectivity index (χ4n) is 3.28. The van der Waals surface area contributed by atoms with Gasteiger partial charge in [-0.05, 0) is 54.8 Å². The summed E-state index contributed by atoms with van der Waals surface area (Å²) in [5.41, 5.74) is 4.35. The lowest BCUT2D eigenvalue weighted by molar-refractivity contribution is -0.141. The second-order valence-corrected chi connectivity index (χ2v) is 7.04. The summed E-state index contributed by atoms with van der Waals surface area (Å²) in [4.78, 5) is 11.4. The molecule has 0 spiro atoms. The zero-order chi connectivity index (χ0) is 18.8. The number of aliphatic carboxylic acids is 1. The number of nitrogens with zero attached hydrogens (tertiary/aromatic N) is 1. The van der Waals surface area contributed by atoms with Gasteiger partial charge in [0.05, 0.1) is 13.0 Å². The highest BCUT2D eigenvalue weighted by Crippen LogP contribution is 2.32. The number of carbonyl (C=O) groups is 1. The van der Waals surface area contributed by atoms with Gasteiger partial charge in [-0.2, -0.15) is 0 Å². The van der Waals surface area contributed by atoms with E-state index in [0.717, 1.165) is 33.5 Å². The number of benzene rings is 2. The highest BCUT2D eigenvalue weighted by atomic mass is 35.5. The van der Waals surface area contributed by atoms with Crippen molar-refractivity contribution in [1.29, 1.82) is 0 Å². The number of hydrogen-bond donors (Lipinski definition) is 1. The average Bonchev–Trinajstić information content (AvgIpc) is 2.88. The lowest BCUT2D eigenvalue weighted by atomic mass is 9.98. The maximum atomic E-state index is 11.4. The molecule has 3 rings (SSSR count). The van der Waals surface area contributed by atoms with Gasteiger partial charge in [-0.15, -0.1) is 0 Å². The highest BCUT2D eigenvalue weighted by molar-refractivity contribution is 6.30. The zero-order valence-corrected chi connectivity index (χ0v) is 15.9. The molecule has 0 radical (unpaired) electrons. The van der Waals surface area contributed by atoms with Crippen LogP contribution in [0.2, 0.25) is 5.02 Å². The van der Waals surface area contributed by atoms with Crippen molar-refractivity contribution in [1.82, 2.24) is 4.57 Å². The quantitative estimate of drug-likeness (QED) is 0.668. The predicted molar refractivity (Wildman–Crippen MR) is 104 cm³/mol. The third-order valence-electron chi connectivity index (χ3n) is 4.85. The smallest absolute Gasteiger partial charge is 0.306 e. The van der Waals surface area contributed by atoms with Crippen molar-refractivity contribution in [3.63, 3.8) is 0 Å². The third kappa shape index (κ3) is 3.56. The number of fused-ring (bicyclic) bond motifs is 1. The minimum Gasteiger partial charge on any atom is -0.497 e. The van der Waals surface area contributed by atoms with E-state index in [1.165, 1.54) is 0 Å². The summed E-state index contributed by atoms with van der Waals surface area (Å²) < 4.78 is 7.59. The van der Waals surface area contributed by atoms with E-state index in [-0.39, 0.29) is 0 Å². The van der Waals surface area contributed by atoms with Crippen LogP contribution in [-0.2, 0) is 17.8 Å². The molecule has 0 amide bonds. The second kappa shape index (κ2) is 7.42. The third-order valence-corrected chi connectivity index (χ3v) is 5.10. The first kappa shape index (κ1) is 18.3. The van der Waals surface area contributed by atoms with Crippen LogP contribution in [0.5, 0.6) is 5.75 Å². The Balaban J connectivity index is 2.11. The van der Waals surface area contributed by atoms with Crippen LogP contribution in [0.15, 0.2) is 42.5 Å². The molecule has 1 unspecified atom stereocenters. The summed E-state index contributed by atoms with van der Waals surface area (Å²) in [6.45, 7) is 4.49. The molecular weight excluding hydrogens is 350 g/mol. The molecule has 0 fully saturated rings. The molecular formula is C21H22ClNO3. The van der Waals surface area contributed by atoms with Crippen LogP contribution in [0, 0.1) is 12.8 Å². The van der Waals surface area contributed by atoms with Gasteiger partial charge in [0.2, 0.25) is 0 Å². The molecule has 0 bridgehead atoms. The first-order chi connectivity index (χ1) is 12.4. The van der Waals surface area contributed by atoms with Crippen LogP contribution in [0.1, 0.15) is 23.7 Å². The summed E-state index contributed by atoms with van der Waals surface area (Å²) in [5.74, 6) is -0.467. The highest BCUT2D eigenvalue weighted by Gasteiger charge is 2.20. The Bertz CT molecular complexity index is 944. The van der Waals surface area contributed by atoms with Gasteiger partial charge in [0.1, 0.15) is 5.75 Å². The van der Waals surface area contributed by atoms with Crippen LogP contribution < -0.4 is 4.74 Å². The summed E-state index contributed by atoms with van der Waals surface area (Å²) in [7, 11) is 1.64. The number of aromatic nitrogens is 1. The average molecular weight is 372 g/mol. The first-order valence-corrected chi connectivity index (χ1v) is 8.91. The van der Waals surface area contributed by atoms with E-state index in [1.54, 1.807) is 14.0 Å². The number of methoxy groups -OCH3 is 1. The topological polar surface area (TPSA) is 51.5 Å². The fraction of sp³-hybridized carbons (Fsp3) is 0.286. The molecule has 136 valence electrons. The molecule has 0 saturated carbocycles. The van der Waals surface area contributed by atoms with Gasteiger partial charge in [-0.1, -0.05) is 30.7 Å². The van der Waals surface area contributed by atoms with Gasteiger partial charge >= 0.3 is 5.97 Å². The molecule has 1 aromatic heterocycles. The van der Waals surface area contributed by atoms with E-state index < -0.39 is 11.9 Å². The van der Waals surface area contributed by atoms with Crippen LogP contribution in [0.25, 0.3) is 10.9 Å². The molecule has 4 nitrogen and oxygen atoms in total. The Morgan fingerprint density at radius 1 is 1.23 bits per heavy atom. The van der Waals surface area contributed by atoms with Gasteiger partial charge in [0.25, 0.3) is 0 Å². The molecule has 0 aliphatic heterocycles. The molecule has 1 N–H and O–H groups in total. The Morgan fingerprint density at radius 3 is 2.54 bits per heavy atom. The zero-order valence-electron chi connectivity index (χ0n) is 15.1. The van der Waals surface area contributed by atoms with Gasteiger partial charge in [0.15, 0.2) is 0 Å². The van der Waals surface area contributed by atoms with Crippen molar-refractivity contribution < 1.29 is 14.6 Å². The number of carboxylic acid groups (broad SMARTS) is 1. The summed E-state index contributed by atoms with van der Waals surface area (Å²) in [6, 6.07) is 13.7. The minimum absolute atomic E-state index is 0.450. The number of hydrogen-bond acceptors (Lipinski definition) is 2. The van der Waals surface area contributed by atoms with Gasteiger partial charge in [0, 0.05) is 28.2 Å². The minimum atomic E-state index is -0.786. The standard InChI is InChI=1S/C21H22ClNO3/c1-13(21(24)25)10-18-14(2)23(12-15-4-6-16(22)7-5-15)20-9-8-17(26-3)11-19(18)20/h4-9,11,13H,10,12H2,1-3H3,(H,24,25). The molecule has 5 heteroatoms. The van der Waals surface area contributed by atoms with Gasteiger partial charge in [-0.25, -0.2) is 0 Å². The first-order valence-electron chi connectivity index (χ1n) is 8.53. The summed E-state index contributed by atoms with van der Waals surface area (Å²) >= 11 is 5.99.